The highest BCUT2D eigenvalue weighted by Gasteiger charge is 2.47. The van der Waals surface area contributed by atoms with E-state index in [-0.39, 0.29) is 12.5 Å². The summed E-state index contributed by atoms with van der Waals surface area (Å²) in [4.78, 5) is 14.9. The van der Waals surface area contributed by atoms with E-state index in [0.29, 0.717) is 5.56 Å². The molecule has 0 radical (unpaired) electrons. The molecule has 1 aliphatic carbocycles. The fourth-order valence-corrected chi connectivity index (χ4v) is 3.69. The molecule has 1 aliphatic heterocycles. The molecule has 3 rings (SSSR count). The van der Waals surface area contributed by atoms with E-state index in [9.17, 15) is 9.90 Å². The number of esters is 1. The number of benzene rings is 1. The fraction of sp³-hybridized carbons (Fsp3) is 0.526. The highest BCUT2D eigenvalue weighted by Crippen LogP contribution is 2.41. The SMILES string of the molecule is CN1CC=C(COC(=O)C(O)(c2ccccc2)C2CCCC2)C1. The second-order valence-corrected chi connectivity index (χ2v) is 6.75. The van der Waals surface area contributed by atoms with Crippen LogP contribution in [0, 0.1) is 5.92 Å². The quantitative estimate of drug-likeness (QED) is 0.670. The Kier molecular flexibility index (Phi) is 4.83. The minimum atomic E-state index is -1.52. The molecule has 1 saturated carbocycles. The van der Waals surface area contributed by atoms with Crippen molar-refractivity contribution in [1.29, 1.82) is 0 Å². The summed E-state index contributed by atoms with van der Waals surface area (Å²) in [5.41, 5.74) is 0.222. The Bertz CT molecular complexity index is 578. The van der Waals surface area contributed by atoms with Crippen molar-refractivity contribution in [1.82, 2.24) is 4.90 Å². The summed E-state index contributed by atoms with van der Waals surface area (Å²) in [7, 11) is 2.03. The van der Waals surface area contributed by atoms with Crippen molar-refractivity contribution < 1.29 is 14.6 Å². The van der Waals surface area contributed by atoms with E-state index in [1.807, 2.05) is 37.4 Å². The van der Waals surface area contributed by atoms with Crippen LogP contribution in [0.15, 0.2) is 42.0 Å². The molecule has 4 nitrogen and oxygen atoms in total. The maximum atomic E-state index is 12.8. The summed E-state index contributed by atoms with van der Waals surface area (Å²) in [5, 5.41) is 11.3. The van der Waals surface area contributed by atoms with Gasteiger partial charge in [-0.15, -0.1) is 0 Å². The van der Waals surface area contributed by atoms with Crippen molar-refractivity contribution >= 4 is 5.97 Å². The van der Waals surface area contributed by atoms with Gasteiger partial charge in [-0.1, -0.05) is 49.2 Å². The van der Waals surface area contributed by atoms with E-state index in [4.69, 9.17) is 4.74 Å². The molecule has 0 spiro atoms. The lowest BCUT2D eigenvalue weighted by Crippen LogP contribution is -2.43. The van der Waals surface area contributed by atoms with Crippen molar-refractivity contribution in [2.45, 2.75) is 31.3 Å². The summed E-state index contributed by atoms with van der Waals surface area (Å²) in [6, 6.07) is 9.25. The van der Waals surface area contributed by atoms with Crippen LogP contribution in [0.3, 0.4) is 0 Å². The number of carbonyl (C=O) groups is 1. The first kappa shape index (κ1) is 16.2. The van der Waals surface area contributed by atoms with E-state index < -0.39 is 11.6 Å². The summed E-state index contributed by atoms with van der Waals surface area (Å²) in [5.74, 6) is -0.566. The van der Waals surface area contributed by atoms with Crippen molar-refractivity contribution in [3.63, 3.8) is 0 Å². The average molecular weight is 315 g/mol. The van der Waals surface area contributed by atoms with Crippen LogP contribution in [0.4, 0.5) is 0 Å². The van der Waals surface area contributed by atoms with Crippen LogP contribution in [-0.4, -0.2) is 42.7 Å². The predicted octanol–water partition coefficient (Wildman–Crippen LogP) is 2.48. The molecule has 0 saturated heterocycles. The molecule has 0 amide bonds. The third kappa shape index (κ3) is 3.33. The van der Waals surface area contributed by atoms with Crippen molar-refractivity contribution in [2.24, 2.45) is 5.92 Å². The molecule has 124 valence electrons. The third-order valence-electron chi connectivity index (χ3n) is 5.02. The third-order valence-corrected chi connectivity index (χ3v) is 5.02. The lowest BCUT2D eigenvalue weighted by atomic mass is 9.80. The molecule has 1 unspecified atom stereocenters. The van der Waals surface area contributed by atoms with Crippen LogP contribution >= 0.6 is 0 Å². The van der Waals surface area contributed by atoms with E-state index >= 15 is 0 Å². The smallest absolute Gasteiger partial charge is 0.343 e. The van der Waals surface area contributed by atoms with Crippen molar-refractivity contribution in [2.75, 3.05) is 26.7 Å². The van der Waals surface area contributed by atoms with E-state index in [1.54, 1.807) is 0 Å². The molecule has 1 aromatic rings. The molecule has 1 fully saturated rings. The molecule has 23 heavy (non-hydrogen) atoms. The Morgan fingerprint density at radius 2 is 2.00 bits per heavy atom. The molecular formula is C19H25NO3. The number of ether oxygens (including phenoxy) is 1. The second-order valence-electron chi connectivity index (χ2n) is 6.75. The zero-order valence-corrected chi connectivity index (χ0v) is 13.7. The van der Waals surface area contributed by atoms with Gasteiger partial charge in [-0.25, -0.2) is 4.79 Å². The lowest BCUT2D eigenvalue weighted by molar-refractivity contribution is -0.172. The van der Waals surface area contributed by atoms with Gasteiger partial charge in [0.25, 0.3) is 0 Å². The molecule has 1 atom stereocenters. The van der Waals surface area contributed by atoms with Crippen LogP contribution in [0.2, 0.25) is 0 Å². The Balaban J connectivity index is 1.76. The van der Waals surface area contributed by atoms with Crippen molar-refractivity contribution in [3.05, 3.63) is 47.5 Å². The van der Waals surface area contributed by atoms with Gasteiger partial charge in [0, 0.05) is 19.0 Å². The van der Waals surface area contributed by atoms with Gasteiger partial charge in [0.2, 0.25) is 0 Å². The number of nitrogens with zero attached hydrogens (tertiary/aromatic N) is 1. The Morgan fingerprint density at radius 1 is 1.30 bits per heavy atom. The summed E-state index contributed by atoms with van der Waals surface area (Å²) < 4.78 is 5.52. The first-order chi connectivity index (χ1) is 11.1. The first-order valence-electron chi connectivity index (χ1n) is 8.42. The van der Waals surface area contributed by atoms with Gasteiger partial charge in [0.15, 0.2) is 5.60 Å². The van der Waals surface area contributed by atoms with Gasteiger partial charge in [0.05, 0.1) is 0 Å². The van der Waals surface area contributed by atoms with Gasteiger partial charge in [-0.3, -0.25) is 4.90 Å². The first-order valence-corrected chi connectivity index (χ1v) is 8.42. The predicted molar refractivity (Wildman–Crippen MR) is 88.8 cm³/mol. The highest BCUT2D eigenvalue weighted by molar-refractivity contribution is 5.81. The average Bonchev–Trinajstić information content (AvgIpc) is 3.24. The maximum absolute atomic E-state index is 12.8. The van der Waals surface area contributed by atoms with Gasteiger partial charge in [-0.2, -0.15) is 0 Å². The summed E-state index contributed by atoms with van der Waals surface area (Å²) in [6.07, 6.45) is 5.94. The number of hydrogen-bond donors (Lipinski definition) is 1. The second kappa shape index (κ2) is 6.85. The summed E-state index contributed by atoms with van der Waals surface area (Å²) in [6.45, 7) is 1.98. The van der Waals surface area contributed by atoms with E-state index in [0.717, 1.165) is 44.3 Å². The van der Waals surface area contributed by atoms with E-state index in [2.05, 4.69) is 11.0 Å². The van der Waals surface area contributed by atoms with Crippen LogP contribution in [0.25, 0.3) is 0 Å². The lowest BCUT2D eigenvalue weighted by Gasteiger charge is -2.32. The molecule has 1 aromatic carbocycles. The van der Waals surface area contributed by atoms with Crippen LogP contribution < -0.4 is 0 Å². The zero-order chi connectivity index (χ0) is 16.3. The molecule has 1 N–H and O–H groups in total. The highest BCUT2D eigenvalue weighted by atomic mass is 16.5. The van der Waals surface area contributed by atoms with Gasteiger partial charge < -0.3 is 9.84 Å². The molecule has 0 aromatic heterocycles. The minimum absolute atomic E-state index is 0.0577. The summed E-state index contributed by atoms with van der Waals surface area (Å²) >= 11 is 0. The van der Waals surface area contributed by atoms with Crippen LogP contribution in [0.1, 0.15) is 31.2 Å². The Hall–Kier alpha value is -1.65. The minimum Gasteiger partial charge on any atom is -0.459 e. The number of aliphatic hydroxyl groups is 1. The Labute approximate surface area is 137 Å². The largest absolute Gasteiger partial charge is 0.459 e. The van der Waals surface area contributed by atoms with Crippen molar-refractivity contribution in [3.8, 4) is 0 Å². The van der Waals surface area contributed by atoms with Gasteiger partial charge in [-0.05, 0) is 31.0 Å². The molecule has 0 bridgehead atoms. The zero-order valence-electron chi connectivity index (χ0n) is 13.7. The Morgan fingerprint density at radius 3 is 2.61 bits per heavy atom. The molecule has 1 heterocycles. The monoisotopic (exact) mass is 315 g/mol. The number of rotatable bonds is 5. The molecule has 4 heteroatoms. The fourth-order valence-electron chi connectivity index (χ4n) is 3.69. The molecule has 2 aliphatic rings. The van der Waals surface area contributed by atoms with Gasteiger partial charge >= 0.3 is 5.97 Å². The standard InChI is InChI=1S/C19H25NO3/c1-20-12-11-15(13-20)14-23-18(21)19(22,17-9-5-6-10-17)16-7-3-2-4-8-16/h2-4,7-8,11,17,22H,5-6,9-10,12-14H2,1H3. The maximum Gasteiger partial charge on any atom is 0.343 e. The normalized spacial score (nSPS) is 21.9. The topological polar surface area (TPSA) is 49.8 Å². The van der Waals surface area contributed by atoms with Crippen LogP contribution in [0.5, 0.6) is 0 Å². The number of likely N-dealkylation sites (N-methyl/N-ethyl adjacent to an activating group) is 1. The molecular weight excluding hydrogens is 290 g/mol. The number of hydrogen-bond acceptors (Lipinski definition) is 4. The van der Waals surface area contributed by atoms with Gasteiger partial charge in [0.1, 0.15) is 6.61 Å². The van der Waals surface area contributed by atoms with E-state index in [1.165, 1.54) is 0 Å². The number of carbonyl (C=O) groups excluding carboxylic acids is 1. The van der Waals surface area contributed by atoms with Crippen LogP contribution in [-0.2, 0) is 15.1 Å².